The van der Waals surface area contributed by atoms with Crippen LogP contribution in [-0.4, -0.2) is 31.5 Å². The predicted molar refractivity (Wildman–Crippen MR) is 101 cm³/mol. The van der Waals surface area contributed by atoms with E-state index in [1.807, 2.05) is 18.2 Å². The number of hydrogen-bond acceptors (Lipinski definition) is 9. The molecule has 1 aliphatic heterocycles. The second-order valence-electron chi connectivity index (χ2n) is 5.92. The first kappa shape index (κ1) is 16.4. The molecule has 0 atom stereocenters. The largest absolute Gasteiger partial charge is 0.454 e. The van der Waals surface area contributed by atoms with Gasteiger partial charge in [-0.25, -0.2) is 4.68 Å². The maximum Gasteiger partial charge on any atom is 0.326 e. The molecule has 4 aromatic rings. The van der Waals surface area contributed by atoms with Gasteiger partial charge >= 0.3 is 5.00 Å². The zero-order valence-corrected chi connectivity index (χ0v) is 15.0. The summed E-state index contributed by atoms with van der Waals surface area (Å²) in [6.07, 6.45) is 3.33. The minimum Gasteiger partial charge on any atom is -0.454 e. The summed E-state index contributed by atoms with van der Waals surface area (Å²) in [6, 6.07) is 8.89. The van der Waals surface area contributed by atoms with E-state index in [0.717, 1.165) is 16.9 Å². The van der Waals surface area contributed by atoms with Crippen LogP contribution in [0.4, 0.5) is 10.8 Å². The fraction of sp³-hybridized carbons (Fsp3) is 0.118. The Morgan fingerprint density at radius 3 is 2.96 bits per heavy atom. The Morgan fingerprint density at radius 2 is 2.14 bits per heavy atom. The SMILES string of the molecule is O=[N+]([O-])c1cc2c(NCc3ccc4c(c3)OCO4)nc(-n3cccn3)nc2s1. The highest BCUT2D eigenvalue weighted by Crippen LogP contribution is 2.35. The molecule has 1 aromatic carbocycles. The summed E-state index contributed by atoms with van der Waals surface area (Å²) in [4.78, 5) is 20.2. The summed E-state index contributed by atoms with van der Waals surface area (Å²) in [5, 5.41) is 19.2. The minimum absolute atomic E-state index is 0.00745. The van der Waals surface area contributed by atoms with Gasteiger partial charge in [-0.05, 0) is 35.1 Å². The molecular formula is C17H12N6O4S. The Morgan fingerprint density at radius 1 is 1.25 bits per heavy atom. The Balaban J connectivity index is 1.52. The summed E-state index contributed by atoms with van der Waals surface area (Å²) in [6.45, 7) is 0.662. The van der Waals surface area contributed by atoms with Crippen LogP contribution in [0, 0.1) is 10.1 Å². The average molecular weight is 396 g/mol. The van der Waals surface area contributed by atoms with Crippen molar-refractivity contribution in [3.8, 4) is 17.4 Å². The quantitative estimate of drug-likeness (QED) is 0.404. The fourth-order valence-corrected chi connectivity index (χ4v) is 3.69. The Hall–Kier alpha value is -3.73. The lowest BCUT2D eigenvalue weighted by molar-refractivity contribution is -0.380. The first-order valence-corrected chi connectivity index (χ1v) is 9.07. The predicted octanol–water partition coefficient (Wildman–Crippen LogP) is 3.13. The van der Waals surface area contributed by atoms with Gasteiger partial charge in [0.2, 0.25) is 6.79 Å². The third-order valence-corrected chi connectivity index (χ3v) is 5.13. The van der Waals surface area contributed by atoms with E-state index in [2.05, 4.69) is 20.4 Å². The van der Waals surface area contributed by atoms with Crippen molar-refractivity contribution >= 4 is 32.4 Å². The molecule has 0 bridgehead atoms. The molecule has 5 rings (SSSR count). The molecule has 0 saturated heterocycles. The number of benzene rings is 1. The lowest BCUT2D eigenvalue weighted by Gasteiger charge is -2.09. The molecule has 0 saturated carbocycles. The number of aromatic nitrogens is 4. The summed E-state index contributed by atoms with van der Waals surface area (Å²) in [5.41, 5.74) is 0.960. The molecule has 11 heteroatoms. The molecular weight excluding hydrogens is 384 g/mol. The van der Waals surface area contributed by atoms with E-state index >= 15 is 0 Å². The van der Waals surface area contributed by atoms with Gasteiger partial charge in [-0.2, -0.15) is 15.1 Å². The summed E-state index contributed by atoms with van der Waals surface area (Å²) in [7, 11) is 0. The third-order valence-electron chi connectivity index (χ3n) is 4.15. The highest BCUT2D eigenvalue weighted by molar-refractivity contribution is 7.21. The van der Waals surface area contributed by atoms with Crippen LogP contribution in [0.25, 0.3) is 16.2 Å². The van der Waals surface area contributed by atoms with Crippen molar-refractivity contribution in [2.45, 2.75) is 6.54 Å². The highest BCUT2D eigenvalue weighted by atomic mass is 32.1. The van der Waals surface area contributed by atoms with Gasteiger partial charge in [0.25, 0.3) is 5.95 Å². The van der Waals surface area contributed by atoms with Gasteiger partial charge in [0.05, 0.1) is 10.3 Å². The molecule has 0 unspecified atom stereocenters. The van der Waals surface area contributed by atoms with Crippen molar-refractivity contribution in [2.24, 2.45) is 0 Å². The first-order chi connectivity index (χ1) is 13.7. The number of ether oxygens (including phenoxy) is 2. The van der Waals surface area contributed by atoms with Gasteiger partial charge in [-0.1, -0.05) is 6.07 Å². The fourth-order valence-electron chi connectivity index (χ4n) is 2.85. The van der Waals surface area contributed by atoms with Crippen molar-refractivity contribution in [1.82, 2.24) is 19.7 Å². The molecule has 10 nitrogen and oxygen atoms in total. The van der Waals surface area contributed by atoms with Crippen LogP contribution in [0.1, 0.15) is 5.56 Å². The van der Waals surface area contributed by atoms with Gasteiger partial charge < -0.3 is 14.8 Å². The van der Waals surface area contributed by atoms with Crippen LogP contribution in [0.3, 0.4) is 0 Å². The van der Waals surface area contributed by atoms with Gasteiger partial charge in [0.15, 0.2) is 11.5 Å². The standard InChI is InChI=1S/C17H12N6O4S/c24-23(25)14-7-11-15(18-8-10-2-3-12-13(6-10)27-9-26-12)20-17(21-16(11)28-14)22-5-1-4-19-22/h1-7H,8-9H2,(H,18,20,21). The van der Waals surface area contributed by atoms with E-state index in [9.17, 15) is 10.1 Å². The number of hydrogen-bond donors (Lipinski definition) is 1. The molecule has 28 heavy (non-hydrogen) atoms. The molecule has 0 aliphatic carbocycles. The number of fused-ring (bicyclic) bond motifs is 2. The number of nitrogens with one attached hydrogen (secondary N) is 1. The van der Waals surface area contributed by atoms with E-state index < -0.39 is 4.92 Å². The molecule has 1 aliphatic rings. The van der Waals surface area contributed by atoms with Crippen molar-refractivity contribution in [3.05, 3.63) is 58.4 Å². The van der Waals surface area contributed by atoms with E-state index in [4.69, 9.17) is 9.47 Å². The first-order valence-electron chi connectivity index (χ1n) is 8.26. The molecule has 0 amide bonds. The van der Waals surface area contributed by atoms with Gasteiger partial charge in [0, 0.05) is 25.0 Å². The zero-order chi connectivity index (χ0) is 19.1. The van der Waals surface area contributed by atoms with E-state index in [1.165, 1.54) is 10.7 Å². The topological polar surface area (TPSA) is 117 Å². The second kappa shape index (κ2) is 6.46. The van der Waals surface area contributed by atoms with E-state index in [0.29, 0.717) is 40.0 Å². The van der Waals surface area contributed by atoms with Crippen molar-refractivity contribution in [1.29, 1.82) is 0 Å². The Labute approximate surface area is 161 Å². The lowest BCUT2D eigenvalue weighted by atomic mass is 10.2. The van der Waals surface area contributed by atoms with E-state index in [-0.39, 0.29) is 11.8 Å². The Bertz CT molecular complexity index is 1190. The highest BCUT2D eigenvalue weighted by Gasteiger charge is 2.19. The van der Waals surface area contributed by atoms with E-state index in [1.54, 1.807) is 18.5 Å². The molecule has 4 heterocycles. The average Bonchev–Trinajstić information content (AvgIpc) is 3.45. The number of thiophene rings is 1. The van der Waals surface area contributed by atoms with Crippen molar-refractivity contribution in [2.75, 3.05) is 12.1 Å². The summed E-state index contributed by atoms with van der Waals surface area (Å²) >= 11 is 1.00. The molecule has 0 radical (unpaired) electrons. The number of rotatable bonds is 5. The smallest absolute Gasteiger partial charge is 0.326 e. The molecule has 0 fully saturated rings. The molecule has 3 aromatic heterocycles. The molecule has 0 spiro atoms. The van der Waals surface area contributed by atoms with Crippen LogP contribution in [0.2, 0.25) is 0 Å². The lowest BCUT2D eigenvalue weighted by Crippen LogP contribution is -2.07. The van der Waals surface area contributed by atoms with Gasteiger partial charge in [-0.15, -0.1) is 0 Å². The number of nitrogens with zero attached hydrogens (tertiary/aromatic N) is 5. The van der Waals surface area contributed by atoms with Crippen molar-refractivity contribution < 1.29 is 14.4 Å². The van der Waals surface area contributed by atoms with Crippen molar-refractivity contribution in [3.63, 3.8) is 0 Å². The van der Waals surface area contributed by atoms with Crippen LogP contribution >= 0.6 is 11.3 Å². The summed E-state index contributed by atoms with van der Waals surface area (Å²) < 4.78 is 12.2. The number of nitro groups is 1. The Kier molecular flexibility index (Phi) is 3.79. The normalized spacial score (nSPS) is 12.4. The van der Waals surface area contributed by atoms with Gasteiger partial charge in [0.1, 0.15) is 10.6 Å². The van der Waals surface area contributed by atoms with Gasteiger partial charge in [-0.3, -0.25) is 10.1 Å². The van der Waals surface area contributed by atoms with Crippen LogP contribution in [-0.2, 0) is 6.54 Å². The third kappa shape index (κ3) is 2.87. The molecule has 140 valence electrons. The van der Waals surface area contributed by atoms with Crippen LogP contribution < -0.4 is 14.8 Å². The minimum atomic E-state index is -0.429. The maximum absolute atomic E-state index is 11.2. The molecule has 1 N–H and O–H groups in total. The van der Waals surface area contributed by atoms with Crippen LogP contribution in [0.5, 0.6) is 11.5 Å². The second-order valence-corrected chi connectivity index (χ2v) is 6.93. The number of anilines is 1. The summed E-state index contributed by atoms with van der Waals surface area (Å²) in [5.74, 6) is 2.23. The maximum atomic E-state index is 11.2. The van der Waals surface area contributed by atoms with Crippen LogP contribution in [0.15, 0.2) is 42.7 Å². The zero-order valence-electron chi connectivity index (χ0n) is 14.2. The monoisotopic (exact) mass is 396 g/mol.